The van der Waals surface area contributed by atoms with Crippen LogP contribution in [0.5, 0.6) is 5.75 Å². The second kappa shape index (κ2) is 8.78. The first-order valence-electron chi connectivity index (χ1n) is 8.41. The van der Waals surface area contributed by atoms with Crippen LogP contribution in [0, 0.1) is 11.6 Å². The zero-order chi connectivity index (χ0) is 21.0. The average Bonchev–Trinajstić information content (AvgIpc) is 3.16. The molecule has 0 atom stereocenters. The Morgan fingerprint density at radius 1 is 1.14 bits per heavy atom. The number of methoxy groups -OCH3 is 1. The van der Waals surface area contributed by atoms with Gasteiger partial charge in [-0.1, -0.05) is 12.1 Å². The number of thiazole rings is 1. The summed E-state index contributed by atoms with van der Waals surface area (Å²) in [6, 6.07) is 9.61. The highest BCUT2D eigenvalue weighted by Gasteiger charge is 2.21. The molecule has 3 rings (SSSR count). The number of amides is 1. The van der Waals surface area contributed by atoms with Crippen molar-refractivity contribution in [2.45, 2.75) is 13.5 Å². The molecule has 0 saturated carbocycles. The normalized spacial score (nSPS) is 10.5. The van der Waals surface area contributed by atoms with Crippen molar-refractivity contribution < 1.29 is 27.8 Å². The van der Waals surface area contributed by atoms with Crippen LogP contribution in [-0.4, -0.2) is 24.0 Å². The summed E-state index contributed by atoms with van der Waals surface area (Å²) >= 11 is 1.09. The number of ether oxygens (including phenoxy) is 2. The van der Waals surface area contributed by atoms with E-state index >= 15 is 0 Å². The van der Waals surface area contributed by atoms with Gasteiger partial charge >= 0.3 is 5.97 Å². The van der Waals surface area contributed by atoms with Gasteiger partial charge < -0.3 is 9.47 Å². The number of benzene rings is 2. The Morgan fingerprint density at radius 2 is 1.90 bits per heavy atom. The number of hydrogen-bond donors (Lipinski definition) is 0. The highest BCUT2D eigenvalue weighted by Crippen LogP contribution is 2.31. The average molecular weight is 418 g/mol. The molecule has 0 aliphatic rings. The highest BCUT2D eigenvalue weighted by molar-refractivity contribution is 7.14. The number of halogens is 2. The summed E-state index contributed by atoms with van der Waals surface area (Å²) in [5.74, 6) is -2.34. The number of anilines is 2. The Labute approximate surface area is 169 Å². The van der Waals surface area contributed by atoms with E-state index < -0.39 is 23.5 Å². The molecule has 0 aliphatic heterocycles. The van der Waals surface area contributed by atoms with E-state index in [-0.39, 0.29) is 28.7 Å². The zero-order valence-electron chi connectivity index (χ0n) is 15.5. The second-order valence-electron chi connectivity index (χ2n) is 5.85. The first-order valence-corrected chi connectivity index (χ1v) is 9.29. The van der Waals surface area contributed by atoms with Crippen LogP contribution in [0.2, 0.25) is 0 Å². The molecule has 3 aromatic rings. The van der Waals surface area contributed by atoms with Crippen molar-refractivity contribution in [3.8, 4) is 5.75 Å². The molecule has 0 bridgehead atoms. The van der Waals surface area contributed by atoms with Gasteiger partial charge in [0.05, 0.1) is 24.1 Å². The summed E-state index contributed by atoms with van der Waals surface area (Å²) in [7, 11) is 1.39. The number of aromatic nitrogens is 1. The predicted molar refractivity (Wildman–Crippen MR) is 103 cm³/mol. The third-order valence-corrected chi connectivity index (χ3v) is 4.76. The van der Waals surface area contributed by atoms with Gasteiger partial charge in [-0.05, 0) is 24.3 Å². The molecular formula is C20H16F2N2O4S. The summed E-state index contributed by atoms with van der Waals surface area (Å²) in [6.07, 6.45) is 0. The first kappa shape index (κ1) is 20.4. The zero-order valence-corrected chi connectivity index (χ0v) is 16.3. The third kappa shape index (κ3) is 4.57. The van der Waals surface area contributed by atoms with Crippen molar-refractivity contribution in [3.05, 3.63) is 70.7 Å². The lowest BCUT2D eigenvalue weighted by atomic mass is 10.2. The maximum atomic E-state index is 14.1. The van der Waals surface area contributed by atoms with Gasteiger partial charge in [0.1, 0.15) is 24.0 Å². The SMILES string of the molecule is COc1ccc(C(=O)OCc2csc(N(C(C)=O)c3ccccc3F)n2)c(F)c1. The topological polar surface area (TPSA) is 68.7 Å². The minimum Gasteiger partial charge on any atom is -0.497 e. The molecule has 0 saturated heterocycles. The summed E-state index contributed by atoms with van der Waals surface area (Å²) < 4.78 is 38.0. The Bertz CT molecular complexity index is 1050. The molecule has 150 valence electrons. The van der Waals surface area contributed by atoms with Crippen LogP contribution < -0.4 is 9.64 Å². The lowest BCUT2D eigenvalue weighted by Crippen LogP contribution is -2.23. The van der Waals surface area contributed by atoms with Crippen LogP contribution in [0.3, 0.4) is 0 Å². The van der Waals surface area contributed by atoms with E-state index in [1.165, 1.54) is 44.4 Å². The van der Waals surface area contributed by atoms with E-state index in [0.717, 1.165) is 22.3 Å². The van der Waals surface area contributed by atoms with Crippen LogP contribution >= 0.6 is 11.3 Å². The standard InChI is InChI=1S/C20H16F2N2O4S/c1-12(25)24(18-6-4-3-5-16(18)21)20-23-13(11-29-20)10-28-19(26)15-8-7-14(27-2)9-17(15)22/h3-9,11H,10H2,1-2H3. The summed E-state index contributed by atoms with van der Waals surface area (Å²) in [6.45, 7) is 1.06. The maximum absolute atomic E-state index is 14.1. The van der Waals surface area contributed by atoms with Gasteiger partial charge in [0.15, 0.2) is 5.13 Å². The van der Waals surface area contributed by atoms with Gasteiger partial charge in [0.2, 0.25) is 5.91 Å². The maximum Gasteiger partial charge on any atom is 0.341 e. The predicted octanol–water partition coefficient (Wildman–Crippen LogP) is 4.47. The minimum atomic E-state index is -0.864. The van der Waals surface area contributed by atoms with Crippen LogP contribution in [0.25, 0.3) is 0 Å². The molecule has 1 aromatic heterocycles. The quantitative estimate of drug-likeness (QED) is 0.553. The Balaban J connectivity index is 1.74. The number of nitrogens with zero attached hydrogens (tertiary/aromatic N) is 2. The number of carbonyl (C=O) groups is 2. The van der Waals surface area contributed by atoms with Crippen LogP contribution in [0.4, 0.5) is 19.6 Å². The third-order valence-electron chi connectivity index (χ3n) is 3.89. The Morgan fingerprint density at radius 3 is 2.55 bits per heavy atom. The van der Waals surface area contributed by atoms with Crippen LogP contribution in [0.15, 0.2) is 47.8 Å². The van der Waals surface area contributed by atoms with Gasteiger partial charge in [-0.3, -0.25) is 9.69 Å². The number of carbonyl (C=O) groups excluding carboxylic acids is 2. The molecule has 0 N–H and O–H groups in total. The number of rotatable bonds is 6. The van der Waals surface area contributed by atoms with Gasteiger partial charge in [0, 0.05) is 18.4 Å². The molecule has 0 unspecified atom stereocenters. The summed E-state index contributed by atoms with van der Waals surface area (Å²) in [4.78, 5) is 29.5. The van der Waals surface area contributed by atoms with Crippen molar-refractivity contribution in [1.82, 2.24) is 4.98 Å². The fraction of sp³-hybridized carbons (Fsp3) is 0.150. The number of esters is 1. The molecule has 0 radical (unpaired) electrons. The first-order chi connectivity index (χ1) is 13.9. The molecule has 1 heterocycles. The molecule has 0 spiro atoms. The van der Waals surface area contributed by atoms with E-state index in [1.807, 2.05) is 0 Å². The van der Waals surface area contributed by atoms with E-state index in [9.17, 15) is 18.4 Å². The van der Waals surface area contributed by atoms with E-state index in [1.54, 1.807) is 11.4 Å². The largest absolute Gasteiger partial charge is 0.497 e. The van der Waals surface area contributed by atoms with Gasteiger partial charge in [-0.2, -0.15) is 0 Å². The van der Waals surface area contributed by atoms with E-state index in [2.05, 4.69) is 4.98 Å². The van der Waals surface area contributed by atoms with Crippen molar-refractivity contribution >= 4 is 34.0 Å². The summed E-state index contributed by atoms with van der Waals surface area (Å²) in [5, 5.41) is 1.80. The molecule has 6 nitrogen and oxygen atoms in total. The van der Waals surface area contributed by atoms with Gasteiger partial charge in [0.25, 0.3) is 0 Å². The molecule has 9 heteroatoms. The summed E-state index contributed by atoms with van der Waals surface area (Å²) in [5.41, 5.74) is 0.172. The lowest BCUT2D eigenvalue weighted by Gasteiger charge is -2.18. The molecule has 1 amide bonds. The van der Waals surface area contributed by atoms with Gasteiger partial charge in [-0.15, -0.1) is 11.3 Å². The number of hydrogen-bond acceptors (Lipinski definition) is 6. The lowest BCUT2D eigenvalue weighted by molar-refractivity contribution is -0.115. The molecule has 29 heavy (non-hydrogen) atoms. The van der Waals surface area contributed by atoms with Crippen LogP contribution in [0.1, 0.15) is 23.0 Å². The monoisotopic (exact) mass is 418 g/mol. The fourth-order valence-electron chi connectivity index (χ4n) is 2.51. The van der Waals surface area contributed by atoms with E-state index in [4.69, 9.17) is 9.47 Å². The highest BCUT2D eigenvalue weighted by atomic mass is 32.1. The molecule has 0 fully saturated rings. The Hall–Kier alpha value is -3.33. The molecule has 0 aliphatic carbocycles. The molecule has 2 aromatic carbocycles. The van der Waals surface area contributed by atoms with Gasteiger partial charge in [-0.25, -0.2) is 18.6 Å². The second-order valence-corrected chi connectivity index (χ2v) is 6.69. The van der Waals surface area contributed by atoms with Crippen molar-refractivity contribution in [3.63, 3.8) is 0 Å². The van der Waals surface area contributed by atoms with Crippen molar-refractivity contribution in [2.75, 3.05) is 12.0 Å². The van der Waals surface area contributed by atoms with E-state index in [0.29, 0.717) is 5.69 Å². The fourth-order valence-corrected chi connectivity index (χ4v) is 3.38. The van der Waals surface area contributed by atoms with Crippen molar-refractivity contribution in [2.24, 2.45) is 0 Å². The smallest absolute Gasteiger partial charge is 0.341 e. The molecular weight excluding hydrogens is 402 g/mol. The Kier molecular flexibility index (Phi) is 6.18. The number of para-hydroxylation sites is 1. The van der Waals surface area contributed by atoms with Crippen LogP contribution in [-0.2, 0) is 16.1 Å². The minimum absolute atomic E-state index is 0.0678. The van der Waals surface area contributed by atoms with Crippen molar-refractivity contribution in [1.29, 1.82) is 0 Å².